The Labute approximate surface area is 168 Å². The number of aliphatic hydroxyl groups excluding tert-OH is 1. The zero-order valence-corrected chi connectivity index (χ0v) is 17.9. The normalized spacial score (nSPS) is 15.9. The molecule has 28 heavy (non-hydrogen) atoms. The first kappa shape index (κ1) is 27.5. The molecule has 10 heteroatoms. The largest absolute Gasteiger partial charge is 0.481 e. The monoisotopic (exact) mass is 427 g/mol. The van der Waals surface area contributed by atoms with E-state index in [4.69, 9.17) is 24.6 Å². The summed E-state index contributed by atoms with van der Waals surface area (Å²) < 4.78 is 27.7. The van der Waals surface area contributed by atoms with E-state index in [-0.39, 0.29) is 32.8 Å². The third-order valence-electron chi connectivity index (χ3n) is 4.19. The SMILES string of the molecule is CCCCCCCC[C@@H](OP(=O)(O)OCCN)[C@H](CO)OCCCCC(=O)O. The number of aliphatic carboxylic acids is 1. The van der Waals surface area contributed by atoms with Crippen LogP contribution in [0.15, 0.2) is 0 Å². The van der Waals surface area contributed by atoms with Crippen molar-refractivity contribution < 1.29 is 38.3 Å². The van der Waals surface area contributed by atoms with E-state index in [2.05, 4.69) is 6.92 Å². The number of carboxylic acid groups (broad SMARTS) is 1. The number of carboxylic acids is 1. The molecule has 0 fully saturated rings. The van der Waals surface area contributed by atoms with Gasteiger partial charge in [0.2, 0.25) is 0 Å². The number of unbranched alkanes of at least 4 members (excludes halogenated alkanes) is 6. The van der Waals surface area contributed by atoms with Crippen LogP contribution in [0.1, 0.15) is 71.1 Å². The summed E-state index contributed by atoms with van der Waals surface area (Å²) in [6, 6.07) is 0. The Morgan fingerprint density at radius 2 is 1.71 bits per heavy atom. The zero-order chi connectivity index (χ0) is 21.3. The van der Waals surface area contributed by atoms with E-state index in [1.54, 1.807) is 0 Å². The van der Waals surface area contributed by atoms with Crippen molar-refractivity contribution in [3.63, 3.8) is 0 Å². The average molecular weight is 427 g/mol. The van der Waals surface area contributed by atoms with E-state index in [1.165, 1.54) is 6.42 Å². The Morgan fingerprint density at radius 3 is 2.32 bits per heavy atom. The van der Waals surface area contributed by atoms with Crippen LogP contribution in [0.4, 0.5) is 0 Å². The molecule has 0 aromatic carbocycles. The molecular formula is C18H38NO8P. The standard InChI is InChI=1S/C18H38NO8P/c1-2-3-4-5-6-7-10-16(27-28(23,24)26-14-12-19)17(15-20)25-13-9-8-11-18(21)22/h16-17,20H,2-15,19H2,1H3,(H,21,22)(H,23,24)/t16-,17+/m1/s1. The Kier molecular flexibility index (Phi) is 17.0. The van der Waals surface area contributed by atoms with E-state index in [0.717, 1.165) is 32.1 Å². The predicted octanol–water partition coefficient (Wildman–Crippen LogP) is 2.83. The Bertz CT molecular complexity index is 438. The first-order valence-corrected chi connectivity index (χ1v) is 11.7. The summed E-state index contributed by atoms with van der Waals surface area (Å²) in [5.74, 6) is -0.874. The Hall–Kier alpha value is -0.540. The lowest BCUT2D eigenvalue weighted by Crippen LogP contribution is -2.35. The third-order valence-corrected chi connectivity index (χ3v) is 5.24. The third kappa shape index (κ3) is 15.4. The summed E-state index contributed by atoms with van der Waals surface area (Å²) in [5.41, 5.74) is 5.29. The zero-order valence-electron chi connectivity index (χ0n) is 17.0. The fourth-order valence-corrected chi connectivity index (χ4v) is 3.67. The highest BCUT2D eigenvalue weighted by Crippen LogP contribution is 2.45. The fourth-order valence-electron chi connectivity index (χ4n) is 2.69. The summed E-state index contributed by atoms with van der Waals surface area (Å²) in [6.07, 6.45) is 6.13. The minimum Gasteiger partial charge on any atom is -0.481 e. The second-order valence-electron chi connectivity index (χ2n) is 6.73. The lowest BCUT2D eigenvalue weighted by molar-refractivity contribution is -0.137. The highest BCUT2D eigenvalue weighted by molar-refractivity contribution is 7.47. The number of aliphatic hydroxyl groups is 1. The van der Waals surface area contributed by atoms with Crippen LogP contribution in [-0.4, -0.2) is 59.6 Å². The van der Waals surface area contributed by atoms with Crippen molar-refractivity contribution >= 4 is 13.8 Å². The van der Waals surface area contributed by atoms with Gasteiger partial charge in [0.25, 0.3) is 0 Å². The van der Waals surface area contributed by atoms with Crippen molar-refractivity contribution in [1.29, 1.82) is 0 Å². The number of hydrogen-bond acceptors (Lipinski definition) is 7. The first-order valence-electron chi connectivity index (χ1n) is 10.2. The molecule has 0 aromatic rings. The molecule has 1 unspecified atom stereocenters. The van der Waals surface area contributed by atoms with Gasteiger partial charge in [-0.3, -0.25) is 13.8 Å². The van der Waals surface area contributed by atoms with Gasteiger partial charge in [0.05, 0.1) is 19.3 Å². The summed E-state index contributed by atoms with van der Waals surface area (Å²) >= 11 is 0. The minimum absolute atomic E-state index is 0.0452. The molecule has 0 spiro atoms. The number of nitrogens with two attached hydrogens (primary N) is 1. The summed E-state index contributed by atoms with van der Waals surface area (Å²) in [5, 5.41) is 18.3. The van der Waals surface area contributed by atoms with Crippen molar-refractivity contribution in [3.05, 3.63) is 0 Å². The van der Waals surface area contributed by atoms with Crippen LogP contribution in [-0.2, 0) is 23.1 Å². The maximum Gasteiger partial charge on any atom is 0.472 e. The topological polar surface area (TPSA) is 149 Å². The van der Waals surface area contributed by atoms with Crippen LogP contribution in [0.25, 0.3) is 0 Å². The van der Waals surface area contributed by atoms with Crippen molar-refractivity contribution in [2.24, 2.45) is 5.73 Å². The minimum atomic E-state index is -4.31. The lowest BCUT2D eigenvalue weighted by Gasteiger charge is -2.27. The van der Waals surface area contributed by atoms with Crippen molar-refractivity contribution in [3.8, 4) is 0 Å². The van der Waals surface area contributed by atoms with Gasteiger partial charge in [0.1, 0.15) is 6.10 Å². The second-order valence-corrected chi connectivity index (χ2v) is 8.14. The number of hydrogen-bond donors (Lipinski definition) is 4. The molecule has 0 heterocycles. The Morgan fingerprint density at radius 1 is 1.04 bits per heavy atom. The molecule has 3 atom stereocenters. The molecule has 0 aliphatic rings. The van der Waals surface area contributed by atoms with Crippen molar-refractivity contribution in [2.75, 3.05) is 26.4 Å². The van der Waals surface area contributed by atoms with Gasteiger partial charge in [-0.25, -0.2) is 4.57 Å². The highest BCUT2D eigenvalue weighted by Gasteiger charge is 2.32. The van der Waals surface area contributed by atoms with Crippen LogP contribution in [0, 0.1) is 0 Å². The van der Waals surface area contributed by atoms with Crippen molar-refractivity contribution in [2.45, 2.75) is 83.3 Å². The van der Waals surface area contributed by atoms with Gasteiger partial charge < -0.3 is 25.6 Å². The van der Waals surface area contributed by atoms with E-state index < -0.39 is 26.0 Å². The van der Waals surface area contributed by atoms with Crippen molar-refractivity contribution in [1.82, 2.24) is 0 Å². The first-order chi connectivity index (χ1) is 13.4. The van der Waals surface area contributed by atoms with Gasteiger partial charge in [-0.15, -0.1) is 0 Å². The van der Waals surface area contributed by atoms with E-state index in [9.17, 15) is 19.4 Å². The Balaban J connectivity index is 4.62. The molecule has 0 bridgehead atoms. The molecule has 168 valence electrons. The summed E-state index contributed by atoms with van der Waals surface area (Å²) in [4.78, 5) is 20.4. The molecule has 0 amide bonds. The second kappa shape index (κ2) is 17.3. The number of carbonyl (C=O) groups is 1. The maximum absolute atomic E-state index is 12.1. The molecule has 0 aliphatic heterocycles. The van der Waals surface area contributed by atoms with Gasteiger partial charge in [-0.2, -0.15) is 0 Å². The molecule has 0 rings (SSSR count). The summed E-state index contributed by atoms with van der Waals surface area (Å²) in [7, 11) is -4.31. The van der Waals surface area contributed by atoms with Gasteiger partial charge in [0.15, 0.2) is 0 Å². The predicted molar refractivity (Wildman–Crippen MR) is 106 cm³/mol. The van der Waals surface area contributed by atoms with Gasteiger partial charge >= 0.3 is 13.8 Å². The van der Waals surface area contributed by atoms with Gasteiger partial charge in [-0.1, -0.05) is 45.4 Å². The number of phosphoric ester groups is 1. The number of ether oxygens (including phenoxy) is 1. The molecule has 0 aromatic heterocycles. The molecule has 0 radical (unpaired) electrons. The van der Waals surface area contributed by atoms with Crippen LogP contribution < -0.4 is 5.73 Å². The van der Waals surface area contributed by atoms with Crippen LogP contribution in [0.3, 0.4) is 0 Å². The molecule has 0 saturated heterocycles. The van der Waals surface area contributed by atoms with E-state index in [0.29, 0.717) is 19.3 Å². The average Bonchev–Trinajstić information content (AvgIpc) is 2.64. The summed E-state index contributed by atoms with van der Waals surface area (Å²) in [6.45, 7) is 1.96. The highest BCUT2D eigenvalue weighted by atomic mass is 31.2. The number of rotatable bonds is 20. The fraction of sp³-hybridized carbons (Fsp3) is 0.944. The van der Waals surface area contributed by atoms with Gasteiger partial charge in [-0.05, 0) is 19.3 Å². The molecular weight excluding hydrogens is 389 g/mol. The lowest BCUT2D eigenvalue weighted by atomic mass is 10.0. The van der Waals surface area contributed by atoms with E-state index in [1.807, 2.05) is 0 Å². The van der Waals surface area contributed by atoms with Crippen LogP contribution >= 0.6 is 7.82 Å². The van der Waals surface area contributed by atoms with E-state index >= 15 is 0 Å². The van der Waals surface area contributed by atoms with Gasteiger partial charge in [0, 0.05) is 19.6 Å². The molecule has 5 N–H and O–H groups in total. The molecule has 9 nitrogen and oxygen atoms in total. The quantitative estimate of drug-likeness (QED) is 0.170. The van der Waals surface area contributed by atoms with Crippen LogP contribution in [0.5, 0.6) is 0 Å². The maximum atomic E-state index is 12.1. The molecule has 0 saturated carbocycles. The molecule has 0 aliphatic carbocycles. The number of phosphoric acid groups is 1. The van der Waals surface area contributed by atoms with Crippen LogP contribution in [0.2, 0.25) is 0 Å². The smallest absolute Gasteiger partial charge is 0.472 e.